The summed E-state index contributed by atoms with van der Waals surface area (Å²) in [5, 5.41) is 18.4. The van der Waals surface area contributed by atoms with Crippen LogP contribution in [0.5, 0.6) is 0 Å². The number of carboxylic acid groups (broad SMARTS) is 1. The number of nitriles is 1. The van der Waals surface area contributed by atoms with Gasteiger partial charge in [0.2, 0.25) is 0 Å². The van der Waals surface area contributed by atoms with Gasteiger partial charge in [-0.25, -0.2) is 0 Å². The van der Waals surface area contributed by atoms with Crippen molar-refractivity contribution in [3.63, 3.8) is 0 Å². The lowest BCUT2D eigenvalue weighted by Gasteiger charge is -2.01. The Balaban J connectivity index is 2.30. The molecule has 0 saturated heterocycles. The van der Waals surface area contributed by atoms with Crippen molar-refractivity contribution in [2.24, 2.45) is 17.3 Å². The molecule has 0 amide bonds. The number of allylic oxidation sites excluding steroid dienone is 1. The Kier molecular flexibility index (Phi) is 3.51. The monoisotopic (exact) mass is 319 g/mol. The third-order valence-corrected chi connectivity index (χ3v) is 4.28. The molecule has 1 fully saturated rings. The van der Waals surface area contributed by atoms with Gasteiger partial charge in [0, 0.05) is 16.0 Å². The van der Waals surface area contributed by atoms with Crippen LogP contribution in [-0.4, -0.2) is 11.1 Å². The summed E-state index contributed by atoms with van der Waals surface area (Å²) < 4.78 is 0.971. The SMILES string of the molecule is CC1(C)C(C(=O)O)C1/C(C#N)=C\c1ccc(Br)cc1. The van der Waals surface area contributed by atoms with Crippen molar-refractivity contribution in [3.05, 3.63) is 39.9 Å². The molecule has 0 heterocycles. The van der Waals surface area contributed by atoms with E-state index in [4.69, 9.17) is 5.11 Å². The molecule has 0 spiro atoms. The standard InChI is InChI=1S/C15H14BrNO2/c1-15(2)12(13(15)14(18)19)10(8-17)7-9-3-5-11(16)6-4-9/h3-7,12-13H,1-2H3,(H,18,19)/b10-7-. The van der Waals surface area contributed by atoms with Crippen LogP contribution in [0.3, 0.4) is 0 Å². The van der Waals surface area contributed by atoms with Gasteiger partial charge in [0.05, 0.1) is 12.0 Å². The highest BCUT2D eigenvalue weighted by molar-refractivity contribution is 9.10. The summed E-state index contributed by atoms with van der Waals surface area (Å²) >= 11 is 3.35. The van der Waals surface area contributed by atoms with E-state index in [1.807, 2.05) is 38.1 Å². The number of hydrogen-bond acceptors (Lipinski definition) is 2. The maximum absolute atomic E-state index is 11.2. The Morgan fingerprint density at radius 3 is 2.37 bits per heavy atom. The molecule has 2 atom stereocenters. The topological polar surface area (TPSA) is 61.1 Å². The predicted molar refractivity (Wildman–Crippen MR) is 76.1 cm³/mol. The molecule has 0 radical (unpaired) electrons. The molecule has 98 valence electrons. The summed E-state index contributed by atoms with van der Waals surface area (Å²) in [7, 11) is 0. The Labute approximate surface area is 120 Å². The van der Waals surface area contributed by atoms with E-state index in [0.29, 0.717) is 5.57 Å². The maximum Gasteiger partial charge on any atom is 0.307 e. The van der Waals surface area contributed by atoms with Gasteiger partial charge in [-0.2, -0.15) is 5.26 Å². The second-order valence-electron chi connectivity index (χ2n) is 5.38. The fourth-order valence-electron chi connectivity index (χ4n) is 2.61. The highest BCUT2D eigenvalue weighted by Gasteiger charge is 2.63. The number of nitrogens with zero attached hydrogens (tertiary/aromatic N) is 1. The van der Waals surface area contributed by atoms with Gasteiger partial charge in [-0.3, -0.25) is 4.79 Å². The van der Waals surface area contributed by atoms with Gasteiger partial charge in [-0.05, 0) is 29.2 Å². The zero-order valence-electron chi connectivity index (χ0n) is 10.7. The van der Waals surface area contributed by atoms with Crippen LogP contribution in [0.1, 0.15) is 19.4 Å². The molecular weight excluding hydrogens is 306 g/mol. The molecule has 2 rings (SSSR count). The minimum absolute atomic E-state index is 0.196. The lowest BCUT2D eigenvalue weighted by Crippen LogP contribution is -2.03. The molecule has 1 N–H and O–H groups in total. The van der Waals surface area contributed by atoms with Crippen molar-refractivity contribution in [3.8, 4) is 6.07 Å². The number of benzene rings is 1. The number of rotatable bonds is 3. The van der Waals surface area contributed by atoms with E-state index in [1.54, 1.807) is 6.08 Å². The molecule has 19 heavy (non-hydrogen) atoms. The fourth-order valence-corrected chi connectivity index (χ4v) is 2.87. The van der Waals surface area contributed by atoms with E-state index in [0.717, 1.165) is 10.0 Å². The van der Waals surface area contributed by atoms with E-state index in [2.05, 4.69) is 22.0 Å². The lowest BCUT2D eigenvalue weighted by atomic mass is 10.0. The van der Waals surface area contributed by atoms with Crippen LogP contribution in [0, 0.1) is 28.6 Å². The molecule has 4 heteroatoms. The van der Waals surface area contributed by atoms with Gasteiger partial charge >= 0.3 is 5.97 Å². The summed E-state index contributed by atoms with van der Waals surface area (Å²) in [6.45, 7) is 3.78. The lowest BCUT2D eigenvalue weighted by molar-refractivity contribution is -0.139. The van der Waals surface area contributed by atoms with Crippen LogP contribution in [0.25, 0.3) is 6.08 Å². The number of hydrogen-bond donors (Lipinski definition) is 1. The smallest absolute Gasteiger partial charge is 0.307 e. The van der Waals surface area contributed by atoms with Gasteiger partial charge < -0.3 is 5.11 Å². The Morgan fingerprint density at radius 2 is 1.95 bits per heavy atom. The predicted octanol–water partition coefficient (Wildman–Crippen LogP) is 3.71. The normalized spacial score (nSPS) is 24.6. The average molecular weight is 320 g/mol. The largest absolute Gasteiger partial charge is 0.481 e. The highest BCUT2D eigenvalue weighted by Crippen LogP contribution is 2.61. The Hall–Kier alpha value is -1.60. The van der Waals surface area contributed by atoms with Crippen molar-refractivity contribution in [1.29, 1.82) is 5.26 Å². The van der Waals surface area contributed by atoms with Gasteiger partial charge in [0.25, 0.3) is 0 Å². The molecule has 3 nitrogen and oxygen atoms in total. The average Bonchev–Trinajstić information content (AvgIpc) is 2.92. The summed E-state index contributed by atoms with van der Waals surface area (Å²) in [6, 6.07) is 9.74. The van der Waals surface area contributed by atoms with Crippen LogP contribution in [0.2, 0.25) is 0 Å². The summed E-state index contributed by atoms with van der Waals surface area (Å²) in [6.07, 6.45) is 1.78. The van der Waals surface area contributed by atoms with E-state index in [9.17, 15) is 10.1 Å². The number of halogens is 1. The first-order chi connectivity index (χ1) is 8.87. The maximum atomic E-state index is 11.2. The number of carbonyl (C=O) groups is 1. The third-order valence-electron chi connectivity index (χ3n) is 3.75. The van der Waals surface area contributed by atoms with Gasteiger partial charge in [0.1, 0.15) is 0 Å². The Morgan fingerprint density at radius 1 is 1.37 bits per heavy atom. The third kappa shape index (κ3) is 2.57. The number of carboxylic acids is 1. The van der Waals surface area contributed by atoms with Gasteiger partial charge in [0.15, 0.2) is 0 Å². The van der Waals surface area contributed by atoms with Crippen molar-refractivity contribution in [2.45, 2.75) is 13.8 Å². The van der Waals surface area contributed by atoms with E-state index >= 15 is 0 Å². The van der Waals surface area contributed by atoms with E-state index in [1.165, 1.54) is 0 Å². The number of aliphatic carboxylic acids is 1. The molecular formula is C15H14BrNO2. The molecule has 1 aromatic rings. The molecule has 1 saturated carbocycles. The minimum atomic E-state index is -0.827. The quantitative estimate of drug-likeness (QED) is 0.864. The van der Waals surface area contributed by atoms with Crippen molar-refractivity contribution < 1.29 is 9.90 Å². The minimum Gasteiger partial charge on any atom is -0.481 e. The van der Waals surface area contributed by atoms with E-state index in [-0.39, 0.29) is 11.3 Å². The van der Waals surface area contributed by atoms with E-state index < -0.39 is 11.9 Å². The molecule has 0 aliphatic heterocycles. The fraction of sp³-hybridized carbons (Fsp3) is 0.333. The summed E-state index contributed by atoms with van der Waals surface area (Å²) in [4.78, 5) is 11.2. The molecule has 1 aliphatic carbocycles. The Bertz CT molecular complexity index is 581. The van der Waals surface area contributed by atoms with Crippen molar-refractivity contribution >= 4 is 28.0 Å². The van der Waals surface area contributed by atoms with Crippen molar-refractivity contribution in [1.82, 2.24) is 0 Å². The molecule has 0 aromatic heterocycles. The van der Waals surface area contributed by atoms with Crippen LogP contribution in [0.15, 0.2) is 34.3 Å². The van der Waals surface area contributed by atoms with Gasteiger partial charge in [-0.15, -0.1) is 0 Å². The second-order valence-corrected chi connectivity index (χ2v) is 6.29. The van der Waals surface area contributed by atoms with Crippen molar-refractivity contribution in [2.75, 3.05) is 0 Å². The first-order valence-corrected chi connectivity index (χ1v) is 6.77. The van der Waals surface area contributed by atoms with Crippen LogP contribution >= 0.6 is 15.9 Å². The first-order valence-electron chi connectivity index (χ1n) is 5.98. The molecule has 1 aliphatic rings. The van der Waals surface area contributed by atoms with Crippen LogP contribution in [0.4, 0.5) is 0 Å². The molecule has 2 unspecified atom stereocenters. The highest BCUT2D eigenvalue weighted by atomic mass is 79.9. The van der Waals surface area contributed by atoms with Gasteiger partial charge in [-0.1, -0.05) is 41.9 Å². The first kappa shape index (κ1) is 13.8. The zero-order valence-corrected chi connectivity index (χ0v) is 12.3. The summed E-state index contributed by atoms with van der Waals surface area (Å²) in [5.41, 5.74) is 1.11. The van der Waals surface area contributed by atoms with Crippen LogP contribution in [-0.2, 0) is 4.79 Å². The molecule has 0 bridgehead atoms. The zero-order chi connectivity index (χ0) is 14.2. The molecule has 1 aromatic carbocycles. The second kappa shape index (κ2) is 4.82. The summed E-state index contributed by atoms with van der Waals surface area (Å²) in [5.74, 6) is -1.49. The van der Waals surface area contributed by atoms with Crippen LogP contribution < -0.4 is 0 Å².